The van der Waals surface area contributed by atoms with E-state index in [1.165, 1.54) is 6.92 Å². The highest BCUT2D eigenvalue weighted by molar-refractivity contribution is 5.66. The second kappa shape index (κ2) is 10.4. The van der Waals surface area contributed by atoms with Gasteiger partial charge in [-0.3, -0.25) is 4.79 Å². The number of benzene rings is 1. The van der Waals surface area contributed by atoms with Crippen LogP contribution in [-0.4, -0.2) is 32.4 Å². The smallest absolute Gasteiger partial charge is 0.303 e. The number of carbonyl (C=O) groups is 1. The van der Waals surface area contributed by atoms with Crippen LogP contribution in [-0.2, 0) is 19.0 Å². The first kappa shape index (κ1) is 16.7. The molecule has 0 bridgehead atoms. The van der Waals surface area contributed by atoms with Gasteiger partial charge in [0.25, 0.3) is 0 Å². The maximum absolute atomic E-state index is 11.1. The van der Waals surface area contributed by atoms with Gasteiger partial charge in [0.15, 0.2) is 6.10 Å². The fourth-order valence-electron chi connectivity index (χ4n) is 1.81. The first-order valence-electron chi connectivity index (χ1n) is 7.11. The van der Waals surface area contributed by atoms with E-state index in [-0.39, 0.29) is 12.1 Å². The van der Waals surface area contributed by atoms with Gasteiger partial charge in [-0.1, -0.05) is 30.3 Å². The van der Waals surface area contributed by atoms with Crippen LogP contribution in [0.15, 0.2) is 30.3 Å². The zero-order valence-electron chi connectivity index (χ0n) is 12.3. The van der Waals surface area contributed by atoms with Gasteiger partial charge in [0.2, 0.25) is 0 Å². The molecule has 0 saturated carbocycles. The molecule has 4 nitrogen and oxygen atoms in total. The van der Waals surface area contributed by atoms with E-state index in [2.05, 4.69) is 0 Å². The van der Waals surface area contributed by atoms with Crippen molar-refractivity contribution in [1.82, 2.24) is 0 Å². The summed E-state index contributed by atoms with van der Waals surface area (Å²) in [6.45, 7) is 5.96. The lowest BCUT2D eigenvalue weighted by Gasteiger charge is -2.17. The van der Waals surface area contributed by atoms with Crippen LogP contribution >= 0.6 is 0 Å². The third kappa shape index (κ3) is 7.26. The van der Waals surface area contributed by atoms with Crippen molar-refractivity contribution in [3.63, 3.8) is 0 Å². The lowest BCUT2D eigenvalue weighted by molar-refractivity contribution is -0.150. The fourth-order valence-corrected chi connectivity index (χ4v) is 1.81. The molecule has 0 spiro atoms. The maximum Gasteiger partial charge on any atom is 0.303 e. The van der Waals surface area contributed by atoms with E-state index in [1.807, 2.05) is 37.3 Å². The van der Waals surface area contributed by atoms with Crippen molar-refractivity contribution in [3.8, 4) is 0 Å². The Morgan fingerprint density at radius 3 is 2.35 bits per heavy atom. The molecule has 20 heavy (non-hydrogen) atoms. The third-order valence-electron chi connectivity index (χ3n) is 2.78. The number of ether oxygens (including phenoxy) is 3. The highest BCUT2D eigenvalue weighted by Crippen LogP contribution is 2.17. The summed E-state index contributed by atoms with van der Waals surface area (Å²) in [6, 6.07) is 9.66. The van der Waals surface area contributed by atoms with Crippen LogP contribution < -0.4 is 0 Å². The Balaban J connectivity index is 2.29. The van der Waals surface area contributed by atoms with Crippen molar-refractivity contribution in [2.24, 2.45) is 0 Å². The largest absolute Gasteiger partial charge is 0.455 e. The van der Waals surface area contributed by atoms with E-state index < -0.39 is 0 Å². The Morgan fingerprint density at radius 2 is 1.75 bits per heavy atom. The summed E-state index contributed by atoms with van der Waals surface area (Å²) in [5, 5.41) is 0. The van der Waals surface area contributed by atoms with E-state index in [1.54, 1.807) is 0 Å². The Hall–Kier alpha value is -1.39. The molecule has 1 unspecified atom stereocenters. The molecular formula is C16H24O4. The average Bonchev–Trinajstić information content (AvgIpc) is 2.45. The summed E-state index contributed by atoms with van der Waals surface area (Å²) in [7, 11) is 0. The lowest BCUT2D eigenvalue weighted by atomic mass is 10.1. The number of esters is 1. The predicted molar refractivity (Wildman–Crippen MR) is 77.5 cm³/mol. The normalized spacial score (nSPS) is 12.1. The van der Waals surface area contributed by atoms with Gasteiger partial charge in [0.05, 0.1) is 6.61 Å². The molecule has 0 aliphatic carbocycles. The van der Waals surface area contributed by atoms with Crippen molar-refractivity contribution in [2.75, 3.05) is 26.4 Å². The Bertz CT molecular complexity index is 364. The number of hydrogen-bond acceptors (Lipinski definition) is 4. The summed E-state index contributed by atoms with van der Waals surface area (Å²) in [4.78, 5) is 11.1. The third-order valence-corrected chi connectivity index (χ3v) is 2.78. The maximum atomic E-state index is 11.1. The van der Waals surface area contributed by atoms with E-state index in [0.717, 1.165) is 31.6 Å². The molecule has 0 aromatic heterocycles. The van der Waals surface area contributed by atoms with Crippen LogP contribution in [0.4, 0.5) is 0 Å². The molecule has 0 radical (unpaired) electrons. The van der Waals surface area contributed by atoms with Gasteiger partial charge in [0.1, 0.15) is 0 Å². The van der Waals surface area contributed by atoms with Crippen LogP contribution in [0.3, 0.4) is 0 Å². The van der Waals surface area contributed by atoms with Crippen molar-refractivity contribution in [1.29, 1.82) is 0 Å². The molecule has 1 aromatic carbocycles. The van der Waals surface area contributed by atoms with Gasteiger partial charge in [-0.05, 0) is 25.3 Å². The Morgan fingerprint density at radius 1 is 1.10 bits per heavy atom. The van der Waals surface area contributed by atoms with Gasteiger partial charge in [-0.25, -0.2) is 0 Å². The number of hydrogen-bond donors (Lipinski definition) is 0. The molecule has 1 aromatic rings. The molecule has 0 aliphatic rings. The van der Waals surface area contributed by atoms with Gasteiger partial charge in [-0.2, -0.15) is 0 Å². The highest BCUT2D eigenvalue weighted by Gasteiger charge is 2.14. The first-order valence-corrected chi connectivity index (χ1v) is 7.11. The lowest BCUT2D eigenvalue weighted by Crippen LogP contribution is -2.15. The SMILES string of the molecule is CCOCCCCOCC(OC(C)=O)c1ccccc1. The topological polar surface area (TPSA) is 44.8 Å². The average molecular weight is 280 g/mol. The number of unbranched alkanes of at least 4 members (excludes halogenated alkanes) is 1. The Kier molecular flexibility index (Phi) is 8.67. The summed E-state index contributed by atoms with van der Waals surface area (Å²) in [5.41, 5.74) is 0.956. The van der Waals surface area contributed by atoms with Crippen molar-refractivity contribution in [3.05, 3.63) is 35.9 Å². The quantitative estimate of drug-likeness (QED) is 0.488. The molecule has 1 atom stereocenters. The molecule has 0 amide bonds. The van der Waals surface area contributed by atoms with E-state index in [9.17, 15) is 4.79 Å². The van der Waals surface area contributed by atoms with Gasteiger partial charge in [0, 0.05) is 26.7 Å². The Labute approximate surface area is 121 Å². The number of rotatable bonds is 10. The zero-order chi connectivity index (χ0) is 14.6. The second-order valence-electron chi connectivity index (χ2n) is 4.49. The number of carbonyl (C=O) groups excluding carboxylic acids is 1. The molecule has 0 aliphatic heterocycles. The zero-order valence-corrected chi connectivity index (χ0v) is 12.3. The minimum atomic E-state index is -0.333. The van der Waals surface area contributed by atoms with Crippen molar-refractivity contribution < 1.29 is 19.0 Å². The minimum Gasteiger partial charge on any atom is -0.455 e. The molecule has 4 heteroatoms. The summed E-state index contributed by atoms with van der Waals surface area (Å²) in [5.74, 6) is -0.293. The van der Waals surface area contributed by atoms with E-state index in [0.29, 0.717) is 13.2 Å². The molecule has 0 N–H and O–H groups in total. The van der Waals surface area contributed by atoms with Gasteiger partial charge >= 0.3 is 5.97 Å². The van der Waals surface area contributed by atoms with E-state index in [4.69, 9.17) is 14.2 Å². The second-order valence-corrected chi connectivity index (χ2v) is 4.49. The van der Waals surface area contributed by atoms with Crippen LogP contribution in [0.25, 0.3) is 0 Å². The molecular weight excluding hydrogens is 256 g/mol. The molecule has 1 rings (SSSR count). The van der Waals surface area contributed by atoms with Gasteiger partial charge < -0.3 is 14.2 Å². The standard InChI is InChI=1S/C16H24O4/c1-3-18-11-7-8-12-19-13-16(20-14(2)17)15-9-5-4-6-10-15/h4-6,9-10,16H,3,7-8,11-13H2,1-2H3. The summed E-state index contributed by atoms with van der Waals surface area (Å²) >= 11 is 0. The van der Waals surface area contributed by atoms with Gasteiger partial charge in [-0.15, -0.1) is 0 Å². The molecule has 0 saturated heterocycles. The predicted octanol–water partition coefficient (Wildman–Crippen LogP) is 3.12. The van der Waals surface area contributed by atoms with Crippen LogP contribution in [0.5, 0.6) is 0 Å². The van der Waals surface area contributed by atoms with Crippen molar-refractivity contribution >= 4 is 5.97 Å². The van der Waals surface area contributed by atoms with E-state index >= 15 is 0 Å². The minimum absolute atomic E-state index is 0.293. The first-order chi connectivity index (χ1) is 9.74. The molecule has 112 valence electrons. The highest BCUT2D eigenvalue weighted by atomic mass is 16.6. The van der Waals surface area contributed by atoms with Crippen LogP contribution in [0.2, 0.25) is 0 Å². The fraction of sp³-hybridized carbons (Fsp3) is 0.562. The molecule has 0 heterocycles. The summed E-state index contributed by atoms with van der Waals surface area (Å²) in [6.07, 6.45) is 1.60. The van der Waals surface area contributed by atoms with Crippen LogP contribution in [0, 0.1) is 0 Å². The monoisotopic (exact) mass is 280 g/mol. The molecule has 0 fully saturated rings. The van der Waals surface area contributed by atoms with Crippen molar-refractivity contribution in [2.45, 2.75) is 32.8 Å². The van der Waals surface area contributed by atoms with Crippen LogP contribution in [0.1, 0.15) is 38.4 Å². The summed E-state index contributed by atoms with van der Waals surface area (Å²) < 4.78 is 16.1.